The lowest BCUT2D eigenvalue weighted by Crippen LogP contribution is -2.28. The number of sulfonamides is 2. The van der Waals surface area contributed by atoms with Gasteiger partial charge in [0.15, 0.2) is 0 Å². The van der Waals surface area contributed by atoms with E-state index in [2.05, 4.69) is 9.46 Å². The third kappa shape index (κ3) is 5.29. The second-order valence-electron chi connectivity index (χ2n) is 7.07. The van der Waals surface area contributed by atoms with Crippen molar-refractivity contribution in [3.05, 3.63) is 64.1 Å². The summed E-state index contributed by atoms with van der Waals surface area (Å²) in [7, 11) is -4.82. The van der Waals surface area contributed by atoms with E-state index < -0.39 is 26.7 Å². The summed E-state index contributed by atoms with van der Waals surface area (Å²) >= 11 is 0. The zero-order chi connectivity index (χ0) is 22.8. The average molecular weight is 473 g/mol. The number of hydrogen-bond donors (Lipinski definition) is 1. The summed E-state index contributed by atoms with van der Waals surface area (Å²) in [4.78, 5) is 0.160. The lowest BCUT2D eigenvalue weighted by molar-refractivity contribution is -0.0498. The summed E-state index contributed by atoms with van der Waals surface area (Å²) in [6, 6.07) is 10.5. The lowest BCUT2D eigenvalue weighted by atomic mass is 9.97. The summed E-state index contributed by atoms with van der Waals surface area (Å²) in [6.45, 7) is -3.13. The Morgan fingerprint density at radius 1 is 1.06 bits per heavy atom. The number of fused-ring (bicyclic) bond motifs is 1. The molecular weight excluding hydrogens is 450 g/mol. The molecule has 0 spiro atoms. The van der Waals surface area contributed by atoms with Crippen LogP contribution in [0.3, 0.4) is 0 Å². The van der Waals surface area contributed by atoms with E-state index in [1.807, 2.05) is 0 Å². The highest BCUT2D eigenvalue weighted by Crippen LogP contribution is 2.30. The predicted molar refractivity (Wildman–Crippen MR) is 112 cm³/mol. The molecule has 11 heteroatoms. The maximum absolute atomic E-state index is 12.8. The van der Waals surface area contributed by atoms with Crippen molar-refractivity contribution in [2.24, 2.45) is 0 Å². The Hall–Kier alpha value is -2.34. The fraction of sp³-hybridized carbons (Fsp3) is 0.300. The van der Waals surface area contributed by atoms with Crippen LogP contribution in [-0.4, -0.2) is 41.8 Å². The minimum atomic E-state index is -3.88. The second kappa shape index (κ2) is 9.03. The van der Waals surface area contributed by atoms with Gasteiger partial charge in [0.2, 0.25) is 20.0 Å². The molecule has 0 heterocycles. The first-order valence-electron chi connectivity index (χ1n) is 9.29. The molecule has 0 unspecified atom stereocenters. The number of hydrogen-bond acceptors (Lipinski definition) is 5. The van der Waals surface area contributed by atoms with Gasteiger partial charge in [0.1, 0.15) is 5.75 Å². The summed E-state index contributed by atoms with van der Waals surface area (Å²) < 4.78 is 83.3. The minimum absolute atomic E-state index is 0.0188. The number of nitrogens with zero attached hydrogens (tertiary/aromatic N) is 1. The second-order valence-corrected chi connectivity index (χ2v) is 11.0. The van der Waals surface area contributed by atoms with Crippen LogP contribution < -0.4 is 9.46 Å². The van der Waals surface area contributed by atoms with Gasteiger partial charge in [-0.25, -0.2) is 25.9 Å². The van der Waals surface area contributed by atoms with Gasteiger partial charge < -0.3 is 4.74 Å². The smallest absolute Gasteiger partial charge is 0.387 e. The Balaban J connectivity index is 1.81. The Morgan fingerprint density at radius 3 is 2.45 bits per heavy atom. The van der Waals surface area contributed by atoms with Crippen molar-refractivity contribution in [2.45, 2.75) is 30.9 Å². The maximum atomic E-state index is 12.8. The summed E-state index contributed by atoms with van der Waals surface area (Å²) in [6.07, 6.45) is 2.00. The molecule has 7 nitrogen and oxygen atoms in total. The highest BCUT2D eigenvalue weighted by atomic mass is 32.2. The number of allylic oxidation sites excluding steroid dienone is 1. The molecular formula is C20H22F2N2O5S2. The number of aryl methyl sites for hydroxylation is 1. The highest BCUT2D eigenvalue weighted by Gasteiger charge is 2.25. The number of rotatable bonds is 8. The van der Waals surface area contributed by atoms with E-state index in [0.29, 0.717) is 23.1 Å². The Kier molecular flexibility index (Phi) is 6.79. The van der Waals surface area contributed by atoms with E-state index >= 15 is 0 Å². The molecule has 0 amide bonds. The molecule has 168 valence electrons. The molecule has 1 aliphatic rings. The summed E-state index contributed by atoms with van der Waals surface area (Å²) in [5, 5.41) is 0. The van der Waals surface area contributed by atoms with Gasteiger partial charge in [0.05, 0.1) is 9.80 Å². The molecule has 0 atom stereocenters. The van der Waals surface area contributed by atoms with Crippen molar-refractivity contribution in [1.82, 2.24) is 9.03 Å². The van der Waals surface area contributed by atoms with Gasteiger partial charge in [-0.05, 0) is 53.8 Å². The van der Waals surface area contributed by atoms with Crippen LogP contribution in [0.2, 0.25) is 0 Å². The van der Waals surface area contributed by atoms with Gasteiger partial charge in [-0.3, -0.25) is 0 Å². The predicted octanol–water partition coefficient (Wildman–Crippen LogP) is 2.95. The van der Waals surface area contributed by atoms with Crippen LogP contribution in [0.15, 0.2) is 52.3 Å². The number of ether oxygens (including phenoxy) is 1. The standard InChI is InChI=1S/C20H22F2N2O5S2/c1-24(2)31(27,28)19-6-4-3-5-16(19)13-23-30(25,26)18-10-8-14-11-17(29-20(21)22)9-7-15(14)12-18/h3-7,9,11-12,20,23H,8,10,13H2,1-2H3. The molecule has 2 aromatic carbocycles. The first-order chi connectivity index (χ1) is 14.5. The van der Waals surface area contributed by atoms with Crippen LogP contribution in [0.1, 0.15) is 23.1 Å². The number of benzene rings is 2. The van der Waals surface area contributed by atoms with E-state index in [4.69, 9.17) is 0 Å². The molecule has 0 aliphatic heterocycles. The van der Waals surface area contributed by atoms with Crippen molar-refractivity contribution in [3.8, 4) is 5.75 Å². The van der Waals surface area contributed by atoms with Crippen molar-refractivity contribution >= 4 is 26.1 Å². The van der Waals surface area contributed by atoms with Crippen LogP contribution in [0.25, 0.3) is 6.08 Å². The summed E-state index contributed by atoms with van der Waals surface area (Å²) in [5.74, 6) is 0.0188. The van der Waals surface area contributed by atoms with Crippen LogP contribution in [-0.2, 0) is 33.0 Å². The van der Waals surface area contributed by atoms with Crippen LogP contribution in [0.5, 0.6) is 5.75 Å². The zero-order valence-corrected chi connectivity index (χ0v) is 18.5. The molecule has 0 saturated heterocycles. The Labute approximate surface area is 180 Å². The third-order valence-electron chi connectivity index (χ3n) is 4.83. The Bertz CT molecular complexity index is 1210. The van der Waals surface area contributed by atoms with E-state index in [1.54, 1.807) is 18.2 Å². The highest BCUT2D eigenvalue weighted by molar-refractivity contribution is 7.93. The van der Waals surface area contributed by atoms with Gasteiger partial charge in [0, 0.05) is 20.6 Å². The third-order valence-corrected chi connectivity index (χ3v) is 8.28. The average Bonchev–Trinajstić information content (AvgIpc) is 2.71. The van der Waals surface area contributed by atoms with Crippen molar-refractivity contribution in [3.63, 3.8) is 0 Å². The van der Waals surface area contributed by atoms with E-state index in [1.165, 1.54) is 44.4 Å². The molecule has 1 aliphatic carbocycles. The Morgan fingerprint density at radius 2 is 1.77 bits per heavy atom. The largest absolute Gasteiger partial charge is 0.435 e. The zero-order valence-electron chi connectivity index (χ0n) is 16.9. The van der Waals surface area contributed by atoms with Crippen molar-refractivity contribution in [1.29, 1.82) is 0 Å². The monoisotopic (exact) mass is 472 g/mol. The van der Waals surface area contributed by atoms with Crippen LogP contribution >= 0.6 is 0 Å². The summed E-state index contributed by atoms with van der Waals surface area (Å²) in [5.41, 5.74) is 1.63. The molecule has 0 aromatic heterocycles. The van der Waals surface area contributed by atoms with Crippen molar-refractivity contribution < 1.29 is 30.4 Å². The molecule has 31 heavy (non-hydrogen) atoms. The van der Waals surface area contributed by atoms with Gasteiger partial charge in [0.25, 0.3) is 0 Å². The van der Waals surface area contributed by atoms with E-state index in [0.717, 1.165) is 4.31 Å². The van der Waals surface area contributed by atoms with Crippen molar-refractivity contribution in [2.75, 3.05) is 14.1 Å². The normalized spacial score (nSPS) is 14.5. The number of halogens is 2. The maximum Gasteiger partial charge on any atom is 0.387 e. The molecule has 1 N–H and O–H groups in total. The molecule has 2 aromatic rings. The molecule has 0 bridgehead atoms. The van der Waals surface area contributed by atoms with Gasteiger partial charge in [-0.15, -0.1) is 0 Å². The number of nitrogens with one attached hydrogen (secondary N) is 1. The fourth-order valence-corrected chi connectivity index (χ4v) is 5.49. The lowest BCUT2D eigenvalue weighted by Gasteiger charge is -2.19. The minimum Gasteiger partial charge on any atom is -0.435 e. The topological polar surface area (TPSA) is 92.8 Å². The van der Waals surface area contributed by atoms with E-state index in [9.17, 15) is 25.6 Å². The van der Waals surface area contributed by atoms with Crippen LogP contribution in [0.4, 0.5) is 8.78 Å². The SMILES string of the molecule is CN(C)S(=O)(=O)c1ccccc1CNS(=O)(=O)C1=Cc2ccc(OC(F)F)cc2CC1. The first-order valence-corrected chi connectivity index (χ1v) is 12.2. The van der Waals surface area contributed by atoms with Gasteiger partial charge in [-0.2, -0.15) is 8.78 Å². The molecule has 0 radical (unpaired) electrons. The number of alkyl halides is 2. The van der Waals surface area contributed by atoms with Gasteiger partial charge >= 0.3 is 6.61 Å². The molecule has 0 fully saturated rings. The first kappa shape index (κ1) is 23.3. The van der Waals surface area contributed by atoms with Crippen LogP contribution in [0, 0.1) is 0 Å². The molecule has 0 saturated carbocycles. The fourth-order valence-electron chi connectivity index (χ4n) is 3.19. The quantitative estimate of drug-likeness (QED) is 0.638. The van der Waals surface area contributed by atoms with E-state index in [-0.39, 0.29) is 28.5 Å². The molecule has 3 rings (SSSR count). The van der Waals surface area contributed by atoms with Gasteiger partial charge in [-0.1, -0.05) is 24.3 Å².